The second-order valence-electron chi connectivity index (χ2n) is 5.58. The van der Waals surface area contributed by atoms with Crippen molar-refractivity contribution in [3.63, 3.8) is 0 Å². The maximum Gasteiger partial charge on any atom is 0.238 e. The highest BCUT2D eigenvalue weighted by molar-refractivity contribution is 8.00. The molecule has 0 aromatic heterocycles. The summed E-state index contributed by atoms with van der Waals surface area (Å²) in [7, 11) is 0. The Kier molecular flexibility index (Phi) is 4.02. The van der Waals surface area contributed by atoms with E-state index in [1.807, 2.05) is 23.1 Å². The molecule has 0 saturated carbocycles. The largest absolute Gasteiger partial charge is 0.295 e. The van der Waals surface area contributed by atoms with E-state index in [0.717, 1.165) is 5.69 Å². The van der Waals surface area contributed by atoms with Crippen LogP contribution in [-0.2, 0) is 4.79 Å². The fourth-order valence-electron chi connectivity index (χ4n) is 2.59. The average Bonchev–Trinajstić information content (AvgIpc) is 2.90. The van der Waals surface area contributed by atoms with Crippen LogP contribution in [0, 0.1) is 0 Å². The normalized spacial score (nSPS) is 18.5. The molecule has 1 amide bonds. The molecule has 0 aliphatic carbocycles. The van der Waals surface area contributed by atoms with Gasteiger partial charge in [0.2, 0.25) is 5.91 Å². The molecule has 0 bridgehead atoms. The van der Waals surface area contributed by atoms with Gasteiger partial charge < -0.3 is 0 Å². The Balaban J connectivity index is 1.92. The van der Waals surface area contributed by atoms with Crippen molar-refractivity contribution in [1.29, 1.82) is 0 Å². The first kappa shape index (κ1) is 14.2. The van der Waals surface area contributed by atoms with Crippen LogP contribution in [-0.4, -0.2) is 11.7 Å². The van der Waals surface area contributed by atoms with Crippen molar-refractivity contribution in [2.75, 3.05) is 10.7 Å². The maximum atomic E-state index is 12.3. The summed E-state index contributed by atoms with van der Waals surface area (Å²) in [6.45, 7) is 4.36. The van der Waals surface area contributed by atoms with Gasteiger partial charge in [-0.15, -0.1) is 11.8 Å². The van der Waals surface area contributed by atoms with Crippen LogP contribution in [0.5, 0.6) is 0 Å². The second kappa shape index (κ2) is 5.94. The lowest BCUT2D eigenvalue weighted by molar-refractivity contribution is -0.115. The van der Waals surface area contributed by atoms with Gasteiger partial charge in [0, 0.05) is 5.69 Å². The lowest BCUT2D eigenvalue weighted by atomic mass is 10.0. The van der Waals surface area contributed by atoms with E-state index >= 15 is 0 Å². The van der Waals surface area contributed by atoms with Crippen molar-refractivity contribution in [2.24, 2.45) is 0 Å². The Labute approximate surface area is 130 Å². The molecule has 1 aliphatic heterocycles. The van der Waals surface area contributed by atoms with Crippen LogP contribution in [0.25, 0.3) is 0 Å². The highest BCUT2D eigenvalue weighted by Gasteiger charge is 2.33. The molecule has 2 aromatic carbocycles. The van der Waals surface area contributed by atoms with E-state index in [9.17, 15) is 4.79 Å². The van der Waals surface area contributed by atoms with Gasteiger partial charge in [0.05, 0.1) is 5.75 Å². The van der Waals surface area contributed by atoms with Gasteiger partial charge in [-0.05, 0) is 29.2 Å². The molecule has 1 aliphatic rings. The molecular formula is C18H19NOS. The van der Waals surface area contributed by atoms with Crippen LogP contribution < -0.4 is 4.90 Å². The zero-order valence-electron chi connectivity index (χ0n) is 12.3. The predicted octanol–water partition coefficient (Wildman–Crippen LogP) is 4.59. The standard InChI is InChI=1S/C18H19NOS/c1-13(2)14-8-10-16(11-9-14)19-17(20)12-21-18(19)15-6-4-3-5-7-15/h3-11,13,18H,12H2,1-2H3. The van der Waals surface area contributed by atoms with E-state index in [0.29, 0.717) is 11.7 Å². The summed E-state index contributed by atoms with van der Waals surface area (Å²) in [6, 6.07) is 18.6. The summed E-state index contributed by atoms with van der Waals surface area (Å²) in [5, 5.41) is 0.0867. The molecule has 0 N–H and O–H groups in total. The molecule has 1 heterocycles. The summed E-state index contributed by atoms with van der Waals surface area (Å²) in [5.41, 5.74) is 3.47. The highest BCUT2D eigenvalue weighted by atomic mass is 32.2. The SMILES string of the molecule is CC(C)c1ccc(N2C(=O)CSC2c2ccccc2)cc1. The van der Waals surface area contributed by atoms with Crippen LogP contribution in [0.3, 0.4) is 0 Å². The highest BCUT2D eigenvalue weighted by Crippen LogP contribution is 2.41. The number of hydrogen-bond donors (Lipinski definition) is 0. The van der Waals surface area contributed by atoms with Crippen molar-refractivity contribution in [2.45, 2.75) is 25.1 Å². The van der Waals surface area contributed by atoms with Crippen LogP contribution >= 0.6 is 11.8 Å². The summed E-state index contributed by atoms with van der Waals surface area (Å²) in [6.07, 6.45) is 0. The second-order valence-corrected chi connectivity index (χ2v) is 6.65. The Morgan fingerprint density at radius 1 is 1.05 bits per heavy atom. The summed E-state index contributed by atoms with van der Waals surface area (Å²) in [5.74, 6) is 1.24. The van der Waals surface area contributed by atoms with Gasteiger partial charge in [-0.25, -0.2) is 0 Å². The zero-order chi connectivity index (χ0) is 14.8. The van der Waals surface area contributed by atoms with Crippen LogP contribution in [0.4, 0.5) is 5.69 Å². The molecule has 1 saturated heterocycles. The fourth-order valence-corrected chi connectivity index (χ4v) is 3.76. The number of hydrogen-bond acceptors (Lipinski definition) is 2. The quantitative estimate of drug-likeness (QED) is 0.826. The number of benzene rings is 2. The number of amides is 1. The smallest absolute Gasteiger partial charge is 0.238 e. The van der Waals surface area contributed by atoms with Crippen molar-refractivity contribution in [1.82, 2.24) is 0 Å². The third-order valence-electron chi connectivity index (χ3n) is 3.79. The Morgan fingerprint density at radius 2 is 1.71 bits per heavy atom. The lowest BCUT2D eigenvalue weighted by Gasteiger charge is -2.24. The van der Waals surface area contributed by atoms with E-state index in [-0.39, 0.29) is 11.3 Å². The lowest BCUT2D eigenvalue weighted by Crippen LogP contribution is -2.27. The summed E-state index contributed by atoms with van der Waals surface area (Å²) < 4.78 is 0. The first-order valence-corrected chi connectivity index (χ1v) is 8.30. The van der Waals surface area contributed by atoms with Gasteiger partial charge >= 0.3 is 0 Å². The molecule has 2 aromatic rings. The molecule has 1 unspecified atom stereocenters. The molecule has 0 radical (unpaired) electrons. The van der Waals surface area contributed by atoms with E-state index in [2.05, 4.69) is 50.2 Å². The number of carbonyl (C=O) groups excluding carboxylic acids is 1. The maximum absolute atomic E-state index is 12.3. The Hall–Kier alpha value is -1.74. The van der Waals surface area contributed by atoms with Crippen molar-refractivity contribution in [3.8, 4) is 0 Å². The molecule has 0 spiro atoms. The molecule has 3 rings (SSSR count). The first-order chi connectivity index (χ1) is 10.2. The minimum absolute atomic E-state index is 0.0867. The van der Waals surface area contributed by atoms with Gasteiger partial charge in [0.15, 0.2) is 0 Å². The third kappa shape index (κ3) is 2.84. The minimum Gasteiger partial charge on any atom is -0.295 e. The molecule has 1 fully saturated rings. The van der Waals surface area contributed by atoms with Crippen molar-refractivity contribution < 1.29 is 4.79 Å². The van der Waals surface area contributed by atoms with Crippen molar-refractivity contribution in [3.05, 3.63) is 65.7 Å². The zero-order valence-corrected chi connectivity index (χ0v) is 13.1. The monoisotopic (exact) mass is 297 g/mol. The predicted molar refractivity (Wildman–Crippen MR) is 89.7 cm³/mol. The fraction of sp³-hybridized carbons (Fsp3) is 0.278. The molecule has 3 heteroatoms. The van der Waals surface area contributed by atoms with E-state index in [4.69, 9.17) is 0 Å². The Morgan fingerprint density at radius 3 is 2.33 bits per heavy atom. The van der Waals surface area contributed by atoms with Crippen LogP contribution in [0.2, 0.25) is 0 Å². The molecule has 2 nitrogen and oxygen atoms in total. The van der Waals surface area contributed by atoms with Gasteiger partial charge in [0.25, 0.3) is 0 Å². The van der Waals surface area contributed by atoms with Gasteiger partial charge in [-0.3, -0.25) is 9.69 Å². The minimum atomic E-state index is 0.0867. The van der Waals surface area contributed by atoms with E-state index in [1.165, 1.54) is 11.1 Å². The van der Waals surface area contributed by atoms with Crippen molar-refractivity contribution >= 4 is 23.4 Å². The number of rotatable bonds is 3. The number of thioether (sulfide) groups is 1. The molecular weight excluding hydrogens is 278 g/mol. The van der Waals surface area contributed by atoms with Gasteiger partial charge in [-0.2, -0.15) is 0 Å². The first-order valence-electron chi connectivity index (χ1n) is 7.25. The number of anilines is 1. The van der Waals surface area contributed by atoms with Crippen LogP contribution in [0.1, 0.15) is 36.3 Å². The molecule has 21 heavy (non-hydrogen) atoms. The van der Waals surface area contributed by atoms with E-state index < -0.39 is 0 Å². The van der Waals surface area contributed by atoms with Gasteiger partial charge in [-0.1, -0.05) is 56.3 Å². The molecule has 108 valence electrons. The van der Waals surface area contributed by atoms with Gasteiger partial charge in [0.1, 0.15) is 5.37 Å². The summed E-state index contributed by atoms with van der Waals surface area (Å²) in [4.78, 5) is 14.2. The topological polar surface area (TPSA) is 20.3 Å². The van der Waals surface area contributed by atoms with Crippen LogP contribution in [0.15, 0.2) is 54.6 Å². The number of carbonyl (C=O) groups is 1. The summed E-state index contributed by atoms with van der Waals surface area (Å²) >= 11 is 1.69. The van der Waals surface area contributed by atoms with E-state index in [1.54, 1.807) is 11.8 Å². The Bertz CT molecular complexity index is 621. The third-order valence-corrected chi connectivity index (χ3v) is 5.00. The number of nitrogens with zero attached hydrogens (tertiary/aromatic N) is 1. The average molecular weight is 297 g/mol. The molecule has 1 atom stereocenters.